The summed E-state index contributed by atoms with van der Waals surface area (Å²) in [5, 5.41) is 0. The predicted molar refractivity (Wildman–Crippen MR) is 55.3 cm³/mol. The molecule has 88 valence electrons. The Kier molecular flexibility index (Phi) is 3.11. The van der Waals surface area contributed by atoms with E-state index < -0.39 is 10.5 Å². The molecule has 2 rings (SSSR count). The molecule has 1 aromatic carbocycles. The molecular formula is C10H11FO4S. The van der Waals surface area contributed by atoms with Crippen LogP contribution in [0.3, 0.4) is 0 Å². The van der Waals surface area contributed by atoms with Crippen molar-refractivity contribution in [3.05, 3.63) is 29.8 Å². The van der Waals surface area contributed by atoms with Gasteiger partial charge in [-0.15, -0.1) is 0 Å². The predicted octanol–water partition coefficient (Wildman–Crippen LogP) is 1.78. The molecule has 1 aliphatic rings. The minimum absolute atomic E-state index is 0.0230. The van der Waals surface area contributed by atoms with Gasteiger partial charge in [0.15, 0.2) is 0 Å². The minimum Gasteiger partial charge on any atom is -0.381 e. The fraction of sp³-hybridized carbons (Fsp3) is 0.400. The zero-order valence-corrected chi connectivity index (χ0v) is 9.24. The van der Waals surface area contributed by atoms with Crippen LogP contribution in [0.15, 0.2) is 24.3 Å². The Morgan fingerprint density at radius 2 is 2.00 bits per heavy atom. The van der Waals surface area contributed by atoms with Gasteiger partial charge in [-0.2, -0.15) is 8.42 Å². The van der Waals surface area contributed by atoms with Crippen molar-refractivity contribution < 1.29 is 21.2 Å². The van der Waals surface area contributed by atoms with Gasteiger partial charge < -0.3 is 8.92 Å². The van der Waals surface area contributed by atoms with E-state index in [2.05, 4.69) is 4.18 Å². The highest BCUT2D eigenvalue weighted by molar-refractivity contribution is 7.81. The lowest BCUT2D eigenvalue weighted by Gasteiger charge is -2.08. The summed E-state index contributed by atoms with van der Waals surface area (Å²) in [5.74, 6) is 0.307. The first-order valence-electron chi connectivity index (χ1n) is 4.86. The quantitative estimate of drug-likeness (QED) is 0.763. The first-order chi connectivity index (χ1) is 7.54. The fourth-order valence-corrected chi connectivity index (χ4v) is 2.05. The Labute approximate surface area is 93.4 Å². The van der Waals surface area contributed by atoms with E-state index in [1.165, 1.54) is 12.1 Å². The van der Waals surface area contributed by atoms with E-state index in [1.54, 1.807) is 12.1 Å². The molecule has 1 aromatic rings. The summed E-state index contributed by atoms with van der Waals surface area (Å²) in [6.45, 7) is 1.41. The maximum atomic E-state index is 12.2. The third kappa shape index (κ3) is 2.93. The first kappa shape index (κ1) is 11.3. The number of rotatable bonds is 3. The monoisotopic (exact) mass is 246 g/mol. The van der Waals surface area contributed by atoms with Crippen molar-refractivity contribution in [2.24, 2.45) is 0 Å². The zero-order valence-electron chi connectivity index (χ0n) is 8.43. The number of halogens is 1. The number of hydrogen-bond acceptors (Lipinski definition) is 4. The second-order valence-electron chi connectivity index (χ2n) is 3.61. The fourth-order valence-electron chi connectivity index (χ4n) is 1.71. The lowest BCUT2D eigenvalue weighted by molar-refractivity contribution is 0.194. The summed E-state index contributed by atoms with van der Waals surface area (Å²) in [5.41, 5.74) is 1.04. The molecular weight excluding hydrogens is 235 g/mol. The van der Waals surface area contributed by atoms with E-state index in [0.29, 0.717) is 12.5 Å². The molecule has 6 heteroatoms. The molecule has 1 aliphatic heterocycles. The molecule has 1 saturated heterocycles. The molecule has 0 N–H and O–H groups in total. The molecule has 0 aromatic heterocycles. The van der Waals surface area contributed by atoms with Crippen LogP contribution >= 0.6 is 0 Å². The highest BCUT2D eigenvalue weighted by atomic mass is 32.3. The van der Waals surface area contributed by atoms with Crippen molar-refractivity contribution in [3.8, 4) is 5.75 Å². The van der Waals surface area contributed by atoms with Crippen molar-refractivity contribution in [2.75, 3.05) is 13.2 Å². The highest BCUT2D eigenvalue weighted by Gasteiger charge is 2.18. The largest absolute Gasteiger partial charge is 0.488 e. The molecule has 4 nitrogen and oxygen atoms in total. The third-order valence-corrected chi connectivity index (χ3v) is 2.87. The van der Waals surface area contributed by atoms with E-state index in [9.17, 15) is 12.3 Å². The third-order valence-electron chi connectivity index (χ3n) is 2.48. The van der Waals surface area contributed by atoms with Crippen LogP contribution in [0, 0.1) is 0 Å². The van der Waals surface area contributed by atoms with E-state index in [0.717, 1.165) is 18.6 Å². The second kappa shape index (κ2) is 4.39. The van der Waals surface area contributed by atoms with Gasteiger partial charge >= 0.3 is 10.5 Å². The van der Waals surface area contributed by atoms with Gasteiger partial charge in [-0.3, -0.25) is 0 Å². The normalized spacial score (nSPS) is 20.9. The summed E-state index contributed by atoms with van der Waals surface area (Å²) in [4.78, 5) is 0. The lowest BCUT2D eigenvalue weighted by atomic mass is 9.99. The molecule has 0 radical (unpaired) electrons. The Morgan fingerprint density at radius 1 is 1.31 bits per heavy atom. The average Bonchev–Trinajstić information content (AvgIpc) is 2.69. The van der Waals surface area contributed by atoms with Crippen LogP contribution in [-0.4, -0.2) is 21.6 Å². The molecule has 1 atom stereocenters. The van der Waals surface area contributed by atoms with Gasteiger partial charge in [0, 0.05) is 12.5 Å². The molecule has 0 saturated carbocycles. The van der Waals surface area contributed by atoms with Crippen LogP contribution in [0.1, 0.15) is 17.9 Å². The van der Waals surface area contributed by atoms with Crippen LogP contribution in [0.4, 0.5) is 3.89 Å². The molecule has 1 fully saturated rings. The first-order valence-corrected chi connectivity index (χ1v) is 6.17. The van der Waals surface area contributed by atoms with Crippen molar-refractivity contribution in [2.45, 2.75) is 12.3 Å². The molecule has 0 bridgehead atoms. The van der Waals surface area contributed by atoms with E-state index in [1.807, 2.05) is 0 Å². The summed E-state index contributed by atoms with van der Waals surface area (Å²) >= 11 is 0. The zero-order chi connectivity index (χ0) is 11.6. The van der Waals surface area contributed by atoms with Crippen molar-refractivity contribution in [1.29, 1.82) is 0 Å². The number of ether oxygens (including phenoxy) is 1. The van der Waals surface area contributed by atoms with Gasteiger partial charge in [-0.1, -0.05) is 16.0 Å². The van der Waals surface area contributed by atoms with Crippen LogP contribution in [0.2, 0.25) is 0 Å². The van der Waals surface area contributed by atoms with Crippen LogP contribution in [-0.2, 0) is 15.2 Å². The molecule has 1 unspecified atom stereocenters. The number of hydrogen-bond donors (Lipinski definition) is 0. The molecule has 0 spiro atoms. The Hall–Kier alpha value is -1.14. The van der Waals surface area contributed by atoms with Crippen LogP contribution < -0.4 is 4.18 Å². The van der Waals surface area contributed by atoms with Gasteiger partial charge in [0.2, 0.25) is 0 Å². The van der Waals surface area contributed by atoms with Crippen molar-refractivity contribution >= 4 is 10.5 Å². The highest BCUT2D eigenvalue weighted by Crippen LogP contribution is 2.26. The maximum absolute atomic E-state index is 12.2. The van der Waals surface area contributed by atoms with E-state index in [-0.39, 0.29) is 5.75 Å². The summed E-state index contributed by atoms with van der Waals surface area (Å²) in [7, 11) is -4.93. The van der Waals surface area contributed by atoms with Gasteiger partial charge in [0.05, 0.1) is 6.61 Å². The van der Waals surface area contributed by atoms with E-state index in [4.69, 9.17) is 4.74 Å². The molecule has 16 heavy (non-hydrogen) atoms. The topological polar surface area (TPSA) is 52.6 Å². The summed E-state index contributed by atoms with van der Waals surface area (Å²) < 4.78 is 42.0. The van der Waals surface area contributed by atoms with Crippen molar-refractivity contribution in [1.82, 2.24) is 0 Å². The molecule has 0 amide bonds. The van der Waals surface area contributed by atoms with E-state index >= 15 is 0 Å². The van der Waals surface area contributed by atoms with Gasteiger partial charge in [0.25, 0.3) is 0 Å². The van der Waals surface area contributed by atoms with Gasteiger partial charge in [0.1, 0.15) is 5.75 Å². The number of benzene rings is 1. The Bertz CT molecular complexity index is 448. The van der Waals surface area contributed by atoms with Gasteiger partial charge in [-0.05, 0) is 24.1 Å². The summed E-state index contributed by atoms with van der Waals surface area (Å²) in [6, 6.07) is 6.31. The van der Waals surface area contributed by atoms with Gasteiger partial charge in [-0.25, -0.2) is 0 Å². The minimum atomic E-state index is -4.93. The SMILES string of the molecule is O=S(=O)(F)Oc1ccc(C2CCOC2)cc1. The maximum Gasteiger partial charge on any atom is 0.488 e. The van der Waals surface area contributed by atoms with Crippen LogP contribution in [0.5, 0.6) is 5.75 Å². The van der Waals surface area contributed by atoms with Crippen molar-refractivity contribution in [3.63, 3.8) is 0 Å². The average molecular weight is 246 g/mol. The lowest BCUT2D eigenvalue weighted by Crippen LogP contribution is -2.02. The molecule has 0 aliphatic carbocycles. The Morgan fingerprint density at radius 3 is 2.50 bits per heavy atom. The smallest absolute Gasteiger partial charge is 0.381 e. The van der Waals surface area contributed by atoms with Crippen LogP contribution in [0.25, 0.3) is 0 Å². The Balaban J connectivity index is 2.10. The second-order valence-corrected chi connectivity index (χ2v) is 4.56. The summed E-state index contributed by atoms with van der Waals surface area (Å²) in [6.07, 6.45) is 0.946. The standard InChI is InChI=1S/C10H11FO4S/c11-16(12,13)15-10-3-1-8(2-4-10)9-5-6-14-7-9/h1-4,9H,5-7H2. The molecule has 1 heterocycles.